The summed E-state index contributed by atoms with van der Waals surface area (Å²) >= 11 is 0. The van der Waals surface area contributed by atoms with E-state index < -0.39 is 0 Å². The standard InChI is InChI=1S/C32H33N3O3S2/c1-3-33-32(38)27-16-12-24(13-17-27)23(2)40-39-21-20-34-30(36)18-19-31(37)35-22-28-10-5-4-8-25(28)14-15-26-9-6-7-11-29(26)35/h4-13,16-17,23H,3,18-22H2,1-2H3,(H,33,38)(H,34,36). The summed E-state index contributed by atoms with van der Waals surface area (Å²) in [4.78, 5) is 39.5. The number of fused-ring (bicyclic) bond motifs is 2. The van der Waals surface area contributed by atoms with Crippen molar-refractivity contribution in [2.24, 2.45) is 0 Å². The maximum absolute atomic E-state index is 13.3. The third-order valence-electron chi connectivity index (χ3n) is 6.44. The van der Waals surface area contributed by atoms with Crippen molar-refractivity contribution in [3.8, 4) is 11.8 Å². The monoisotopic (exact) mass is 571 g/mol. The molecule has 0 aliphatic carbocycles. The lowest BCUT2D eigenvalue weighted by atomic mass is 10.0. The summed E-state index contributed by atoms with van der Waals surface area (Å²) in [7, 11) is 3.42. The Bertz CT molecular complexity index is 1410. The van der Waals surface area contributed by atoms with E-state index in [1.165, 1.54) is 0 Å². The van der Waals surface area contributed by atoms with Crippen molar-refractivity contribution < 1.29 is 14.4 Å². The molecule has 206 valence electrons. The third kappa shape index (κ3) is 7.93. The van der Waals surface area contributed by atoms with E-state index in [9.17, 15) is 14.4 Å². The Labute approximate surface area is 244 Å². The Balaban J connectivity index is 1.21. The van der Waals surface area contributed by atoms with Gasteiger partial charge in [-0.1, -0.05) is 75.9 Å². The predicted molar refractivity (Wildman–Crippen MR) is 165 cm³/mol. The van der Waals surface area contributed by atoms with Gasteiger partial charge in [-0.05, 0) is 55.3 Å². The first-order valence-corrected chi connectivity index (χ1v) is 15.8. The van der Waals surface area contributed by atoms with Crippen LogP contribution in [0.2, 0.25) is 0 Å². The third-order valence-corrected chi connectivity index (χ3v) is 9.28. The molecular weight excluding hydrogens is 539 g/mol. The number of nitrogens with zero attached hydrogens (tertiary/aromatic N) is 1. The molecular formula is C32H33N3O3S2. The van der Waals surface area contributed by atoms with E-state index in [-0.39, 0.29) is 35.8 Å². The summed E-state index contributed by atoms with van der Waals surface area (Å²) in [6.45, 7) is 5.58. The summed E-state index contributed by atoms with van der Waals surface area (Å²) in [5, 5.41) is 5.98. The molecule has 0 radical (unpaired) electrons. The van der Waals surface area contributed by atoms with E-state index in [2.05, 4.69) is 29.4 Å². The number of rotatable bonds is 11. The van der Waals surface area contributed by atoms with Gasteiger partial charge in [0.2, 0.25) is 11.8 Å². The molecule has 1 unspecified atom stereocenters. The van der Waals surface area contributed by atoms with Crippen LogP contribution in [-0.4, -0.2) is 36.6 Å². The number of nitrogens with one attached hydrogen (secondary N) is 2. The lowest BCUT2D eigenvalue weighted by molar-refractivity contribution is -0.125. The van der Waals surface area contributed by atoms with Crippen LogP contribution >= 0.6 is 21.6 Å². The minimum atomic E-state index is -0.131. The number of hydrogen-bond donors (Lipinski definition) is 2. The van der Waals surface area contributed by atoms with Crippen molar-refractivity contribution in [1.82, 2.24) is 10.6 Å². The van der Waals surface area contributed by atoms with Crippen LogP contribution in [0.25, 0.3) is 0 Å². The van der Waals surface area contributed by atoms with E-state index in [4.69, 9.17) is 0 Å². The molecule has 1 aliphatic rings. The smallest absolute Gasteiger partial charge is 0.251 e. The molecule has 2 N–H and O–H groups in total. The lowest BCUT2D eigenvalue weighted by Crippen LogP contribution is -2.33. The zero-order chi connectivity index (χ0) is 28.3. The molecule has 1 atom stereocenters. The first-order valence-electron chi connectivity index (χ1n) is 13.4. The number of para-hydroxylation sites is 1. The van der Waals surface area contributed by atoms with Gasteiger partial charge in [0.1, 0.15) is 0 Å². The zero-order valence-corrected chi connectivity index (χ0v) is 24.4. The van der Waals surface area contributed by atoms with Crippen molar-refractivity contribution in [2.75, 3.05) is 23.7 Å². The summed E-state index contributed by atoms with van der Waals surface area (Å²) < 4.78 is 0. The van der Waals surface area contributed by atoms with Crippen LogP contribution < -0.4 is 15.5 Å². The molecule has 3 aromatic rings. The SMILES string of the molecule is CCNC(=O)c1ccc(C(C)SSCCNC(=O)CCC(=O)N2Cc3ccccc3C#Cc3ccccc32)cc1. The van der Waals surface area contributed by atoms with Gasteiger partial charge in [-0.3, -0.25) is 14.4 Å². The zero-order valence-electron chi connectivity index (χ0n) is 22.7. The van der Waals surface area contributed by atoms with Gasteiger partial charge in [-0.2, -0.15) is 0 Å². The number of carbonyl (C=O) groups excluding carboxylic acids is 3. The normalized spacial score (nSPS) is 12.5. The van der Waals surface area contributed by atoms with Crippen molar-refractivity contribution >= 4 is 45.0 Å². The van der Waals surface area contributed by atoms with E-state index in [1.54, 1.807) is 26.5 Å². The molecule has 1 aliphatic heterocycles. The van der Waals surface area contributed by atoms with Crippen LogP contribution in [0, 0.1) is 11.8 Å². The average molecular weight is 572 g/mol. The highest BCUT2D eigenvalue weighted by atomic mass is 33.1. The maximum Gasteiger partial charge on any atom is 0.251 e. The summed E-state index contributed by atoms with van der Waals surface area (Å²) in [6, 6.07) is 23.2. The van der Waals surface area contributed by atoms with E-state index in [0.717, 1.165) is 33.7 Å². The second kappa shape index (κ2) is 14.6. The predicted octanol–water partition coefficient (Wildman–Crippen LogP) is 5.72. The first kappa shape index (κ1) is 29.3. The number of carbonyl (C=O) groups is 3. The van der Waals surface area contributed by atoms with Gasteiger partial charge in [0.05, 0.1) is 12.2 Å². The molecule has 4 rings (SSSR count). The highest BCUT2D eigenvalue weighted by Gasteiger charge is 2.21. The quantitative estimate of drug-likeness (QED) is 0.175. The van der Waals surface area contributed by atoms with Crippen molar-refractivity contribution in [3.05, 3.63) is 101 Å². The van der Waals surface area contributed by atoms with E-state index >= 15 is 0 Å². The summed E-state index contributed by atoms with van der Waals surface area (Å²) in [6.07, 6.45) is 0.262. The largest absolute Gasteiger partial charge is 0.355 e. The molecule has 0 fully saturated rings. The second-order valence-electron chi connectivity index (χ2n) is 9.30. The fourth-order valence-corrected chi connectivity index (χ4v) is 6.50. The van der Waals surface area contributed by atoms with Crippen LogP contribution in [0.1, 0.15) is 64.6 Å². The van der Waals surface area contributed by atoms with Crippen molar-refractivity contribution in [1.29, 1.82) is 0 Å². The fraction of sp³-hybridized carbons (Fsp3) is 0.281. The van der Waals surface area contributed by atoms with Gasteiger partial charge in [0.25, 0.3) is 5.91 Å². The van der Waals surface area contributed by atoms with E-state index in [1.807, 2.05) is 79.7 Å². The van der Waals surface area contributed by atoms with Gasteiger partial charge >= 0.3 is 0 Å². The molecule has 1 heterocycles. The minimum absolute atomic E-state index is 0.0625. The molecule has 0 saturated heterocycles. The molecule has 0 aromatic heterocycles. The molecule has 3 aromatic carbocycles. The molecule has 3 amide bonds. The van der Waals surface area contributed by atoms with Gasteiger partial charge in [0.15, 0.2) is 0 Å². The first-order chi connectivity index (χ1) is 19.5. The molecule has 40 heavy (non-hydrogen) atoms. The van der Waals surface area contributed by atoms with Crippen molar-refractivity contribution in [2.45, 2.75) is 38.5 Å². The maximum atomic E-state index is 13.3. The highest BCUT2D eigenvalue weighted by molar-refractivity contribution is 8.76. The van der Waals surface area contributed by atoms with Crippen LogP contribution in [0.3, 0.4) is 0 Å². The minimum Gasteiger partial charge on any atom is -0.355 e. The Hall–Kier alpha value is -3.67. The van der Waals surface area contributed by atoms with Crippen LogP contribution in [0.4, 0.5) is 5.69 Å². The number of benzene rings is 3. The number of amides is 3. The van der Waals surface area contributed by atoms with Crippen LogP contribution in [0.15, 0.2) is 72.8 Å². The Kier molecular flexibility index (Phi) is 10.7. The topological polar surface area (TPSA) is 78.5 Å². The fourth-order valence-electron chi connectivity index (χ4n) is 4.26. The van der Waals surface area contributed by atoms with Gasteiger partial charge < -0.3 is 15.5 Å². The molecule has 0 spiro atoms. The molecule has 0 bridgehead atoms. The van der Waals surface area contributed by atoms with Crippen LogP contribution in [0.5, 0.6) is 0 Å². The second-order valence-corrected chi connectivity index (χ2v) is 12.1. The molecule has 8 heteroatoms. The highest BCUT2D eigenvalue weighted by Crippen LogP contribution is 2.37. The number of hydrogen-bond acceptors (Lipinski definition) is 5. The Morgan fingerprint density at radius 3 is 2.38 bits per heavy atom. The van der Waals surface area contributed by atoms with E-state index in [0.29, 0.717) is 25.2 Å². The van der Waals surface area contributed by atoms with Crippen LogP contribution in [-0.2, 0) is 16.1 Å². The summed E-state index contributed by atoms with van der Waals surface area (Å²) in [5.41, 5.74) is 5.28. The van der Waals surface area contributed by atoms with Gasteiger partial charge in [0, 0.05) is 53.6 Å². The van der Waals surface area contributed by atoms with Gasteiger partial charge in [-0.15, -0.1) is 0 Å². The van der Waals surface area contributed by atoms with Gasteiger partial charge in [-0.25, -0.2) is 0 Å². The Morgan fingerprint density at radius 2 is 1.60 bits per heavy atom. The molecule has 0 saturated carbocycles. The molecule has 6 nitrogen and oxygen atoms in total. The summed E-state index contributed by atoms with van der Waals surface area (Å²) in [5.74, 6) is 6.88. The average Bonchev–Trinajstić information content (AvgIpc) is 2.97. The lowest BCUT2D eigenvalue weighted by Gasteiger charge is -2.26. The number of anilines is 1. The van der Waals surface area contributed by atoms with Crippen molar-refractivity contribution in [3.63, 3.8) is 0 Å². The Morgan fingerprint density at radius 1 is 0.900 bits per heavy atom.